The van der Waals surface area contributed by atoms with Crippen LogP contribution in [0, 0.1) is 0 Å². The van der Waals surface area contributed by atoms with Crippen LogP contribution in [0.25, 0.3) is 0 Å². The zero-order chi connectivity index (χ0) is 14.4. The van der Waals surface area contributed by atoms with Crippen LogP contribution in [0.1, 0.15) is 10.4 Å². The Balaban J connectivity index is 2.85. The number of halogens is 1. The Labute approximate surface area is 115 Å². The van der Waals surface area contributed by atoms with Crippen LogP contribution in [0.2, 0.25) is 0 Å². The zero-order valence-corrected chi connectivity index (χ0v) is 11.0. The van der Waals surface area contributed by atoms with Gasteiger partial charge in [0.1, 0.15) is 5.75 Å². The molecule has 0 saturated carbocycles. The van der Waals surface area contributed by atoms with Crippen LogP contribution in [0.5, 0.6) is 5.75 Å². The van der Waals surface area contributed by atoms with Gasteiger partial charge in [0.25, 0.3) is 0 Å². The fourth-order valence-corrected chi connectivity index (χ4v) is 1.35. The van der Waals surface area contributed by atoms with Gasteiger partial charge in [-0.3, -0.25) is 0 Å². The van der Waals surface area contributed by atoms with Crippen LogP contribution < -0.4 is 15.4 Å². The average molecular weight is 285 g/mol. The Morgan fingerprint density at radius 1 is 1.47 bits per heavy atom. The number of rotatable bonds is 5. The van der Waals surface area contributed by atoms with E-state index in [4.69, 9.17) is 21.4 Å². The Morgan fingerprint density at radius 2 is 2.16 bits per heavy atom. The Morgan fingerprint density at radius 3 is 2.68 bits per heavy atom. The van der Waals surface area contributed by atoms with Gasteiger partial charge < -0.3 is 20.5 Å². The lowest BCUT2D eigenvalue weighted by Crippen LogP contribution is -2.30. The summed E-state index contributed by atoms with van der Waals surface area (Å²) in [6.07, 6.45) is 0. The number of carboxylic acid groups (broad SMARTS) is 1. The van der Waals surface area contributed by atoms with Gasteiger partial charge in [0, 0.05) is 5.03 Å². The standard InChI is InChI=1S/C12H13ClN2O4/c1-7(13)6-14-12(18)15-10-4-3-8(19-2)5-9(10)11(16)17/h3-5H,1,6H2,2H3,(H,16,17)(H2,14,15,18). The predicted molar refractivity (Wildman–Crippen MR) is 72.0 cm³/mol. The van der Waals surface area contributed by atoms with E-state index in [9.17, 15) is 9.59 Å². The van der Waals surface area contributed by atoms with E-state index in [-0.39, 0.29) is 22.8 Å². The summed E-state index contributed by atoms with van der Waals surface area (Å²) in [7, 11) is 1.42. The number of nitrogens with one attached hydrogen (secondary N) is 2. The number of benzene rings is 1. The van der Waals surface area contributed by atoms with Crippen molar-refractivity contribution in [2.75, 3.05) is 19.0 Å². The topological polar surface area (TPSA) is 87.7 Å². The van der Waals surface area contributed by atoms with E-state index in [0.29, 0.717) is 5.75 Å². The van der Waals surface area contributed by atoms with Crippen molar-refractivity contribution in [1.29, 1.82) is 0 Å². The predicted octanol–water partition coefficient (Wildman–Crippen LogP) is 2.27. The maximum absolute atomic E-state index is 11.5. The highest BCUT2D eigenvalue weighted by Crippen LogP contribution is 2.22. The van der Waals surface area contributed by atoms with Crippen molar-refractivity contribution >= 4 is 29.3 Å². The summed E-state index contributed by atoms with van der Waals surface area (Å²) in [4.78, 5) is 22.6. The molecule has 0 aromatic heterocycles. The highest BCUT2D eigenvalue weighted by Gasteiger charge is 2.13. The van der Waals surface area contributed by atoms with Gasteiger partial charge in [-0.05, 0) is 18.2 Å². The van der Waals surface area contributed by atoms with Crippen molar-refractivity contribution in [1.82, 2.24) is 5.32 Å². The average Bonchev–Trinajstić information content (AvgIpc) is 2.36. The van der Waals surface area contributed by atoms with E-state index in [0.717, 1.165) is 0 Å². The minimum absolute atomic E-state index is 0.0702. The molecule has 0 spiro atoms. The molecule has 102 valence electrons. The Kier molecular flexibility index (Phi) is 5.20. The first-order chi connectivity index (χ1) is 8.93. The maximum atomic E-state index is 11.5. The lowest BCUT2D eigenvalue weighted by atomic mass is 10.1. The summed E-state index contributed by atoms with van der Waals surface area (Å²) in [5.74, 6) is -0.784. The second-order valence-corrected chi connectivity index (χ2v) is 4.08. The highest BCUT2D eigenvalue weighted by molar-refractivity contribution is 6.29. The molecule has 0 radical (unpaired) electrons. The fourth-order valence-electron chi connectivity index (χ4n) is 1.28. The largest absolute Gasteiger partial charge is 0.497 e. The van der Waals surface area contributed by atoms with E-state index in [1.165, 1.54) is 19.2 Å². The molecule has 0 atom stereocenters. The molecule has 0 aliphatic rings. The van der Waals surface area contributed by atoms with Crippen LogP contribution in [0.4, 0.5) is 10.5 Å². The Hall–Kier alpha value is -2.21. The van der Waals surface area contributed by atoms with Gasteiger partial charge in [0.15, 0.2) is 0 Å². The fraction of sp³-hybridized carbons (Fsp3) is 0.167. The number of carboxylic acids is 1. The molecule has 6 nitrogen and oxygen atoms in total. The van der Waals surface area contributed by atoms with Gasteiger partial charge >= 0.3 is 12.0 Å². The summed E-state index contributed by atoms with van der Waals surface area (Å²) < 4.78 is 4.92. The molecule has 1 aromatic carbocycles. The van der Waals surface area contributed by atoms with Crippen molar-refractivity contribution in [3.63, 3.8) is 0 Å². The third-order valence-electron chi connectivity index (χ3n) is 2.15. The lowest BCUT2D eigenvalue weighted by molar-refractivity contribution is 0.0697. The number of amides is 2. The molecule has 0 unspecified atom stereocenters. The number of methoxy groups -OCH3 is 1. The van der Waals surface area contributed by atoms with Gasteiger partial charge in [0.05, 0.1) is 24.9 Å². The van der Waals surface area contributed by atoms with Crippen molar-refractivity contribution < 1.29 is 19.4 Å². The molecule has 0 saturated heterocycles. The van der Waals surface area contributed by atoms with E-state index >= 15 is 0 Å². The normalized spacial score (nSPS) is 9.58. The summed E-state index contributed by atoms with van der Waals surface area (Å²) >= 11 is 5.50. The number of hydrogen-bond acceptors (Lipinski definition) is 3. The number of ether oxygens (including phenoxy) is 1. The third-order valence-corrected chi connectivity index (χ3v) is 2.28. The molecular formula is C12H13ClN2O4. The van der Waals surface area contributed by atoms with Crippen LogP contribution in [0.15, 0.2) is 29.8 Å². The minimum atomic E-state index is -1.17. The number of urea groups is 1. The molecule has 0 fully saturated rings. The van der Waals surface area contributed by atoms with Gasteiger partial charge in [-0.25, -0.2) is 9.59 Å². The lowest BCUT2D eigenvalue weighted by Gasteiger charge is -2.10. The molecule has 0 aliphatic heterocycles. The quantitative estimate of drug-likeness (QED) is 0.774. The summed E-state index contributed by atoms with van der Waals surface area (Å²) in [6.45, 7) is 3.50. The van der Waals surface area contributed by atoms with Gasteiger partial charge in [-0.2, -0.15) is 0 Å². The molecule has 3 N–H and O–H groups in total. The molecule has 19 heavy (non-hydrogen) atoms. The number of carbonyl (C=O) groups excluding carboxylic acids is 1. The highest BCUT2D eigenvalue weighted by atomic mass is 35.5. The molecule has 1 rings (SSSR count). The van der Waals surface area contributed by atoms with Gasteiger partial charge in [-0.15, -0.1) is 0 Å². The molecule has 0 bridgehead atoms. The van der Waals surface area contributed by atoms with Crippen LogP contribution in [0.3, 0.4) is 0 Å². The van der Waals surface area contributed by atoms with Gasteiger partial charge in [-0.1, -0.05) is 18.2 Å². The molecule has 1 aromatic rings. The van der Waals surface area contributed by atoms with Crippen molar-refractivity contribution in [3.05, 3.63) is 35.4 Å². The smallest absolute Gasteiger partial charge is 0.337 e. The van der Waals surface area contributed by atoms with E-state index in [1.807, 2.05) is 0 Å². The first-order valence-corrected chi connectivity index (χ1v) is 5.61. The van der Waals surface area contributed by atoms with Crippen LogP contribution in [-0.2, 0) is 0 Å². The monoisotopic (exact) mass is 284 g/mol. The van der Waals surface area contributed by atoms with E-state index < -0.39 is 12.0 Å². The summed E-state index contributed by atoms with van der Waals surface area (Å²) in [5.41, 5.74) is 0.0881. The zero-order valence-electron chi connectivity index (χ0n) is 10.2. The summed E-state index contributed by atoms with van der Waals surface area (Å²) in [6, 6.07) is 3.73. The first kappa shape index (κ1) is 14.8. The molecular weight excluding hydrogens is 272 g/mol. The molecule has 0 heterocycles. The molecule has 7 heteroatoms. The van der Waals surface area contributed by atoms with E-state index in [1.54, 1.807) is 6.07 Å². The van der Waals surface area contributed by atoms with E-state index in [2.05, 4.69) is 17.2 Å². The number of anilines is 1. The van der Waals surface area contributed by atoms with Crippen molar-refractivity contribution in [2.45, 2.75) is 0 Å². The molecule has 2 amide bonds. The number of aromatic carboxylic acids is 1. The Bertz CT molecular complexity index is 516. The van der Waals surface area contributed by atoms with Crippen LogP contribution >= 0.6 is 11.6 Å². The third kappa shape index (κ3) is 4.51. The maximum Gasteiger partial charge on any atom is 0.337 e. The van der Waals surface area contributed by atoms with Crippen molar-refractivity contribution in [3.8, 4) is 5.75 Å². The number of carbonyl (C=O) groups is 2. The second-order valence-electron chi connectivity index (χ2n) is 3.54. The second kappa shape index (κ2) is 6.65. The SMILES string of the molecule is C=C(Cl)CNC(=O)Nc1ccc(OC)cc1C(=O)O. The molecule has 0 aliphatic carbocycles. The minimum Gasteiger partial charge on any atom is -0.497 e. The summed E-state index contributed by atoms with van der Waals surface area (Å²) in [5, 5.41) is 14.2. The number of hydrogen-bond donors (Lipinski definition) is 3. The van der Waals surface area contributed by atoms with Crippen LogP contribution in [-0.4, -0.2) is 30.8 Å². The van der Waals surface area contributed by atoms with Gasteiger partial charge in [0.2, 0.25) is 0 Å². The first-order valence-electron chi connectivity index (χ1n) is 5.23. The van der Waals surface area contributed by atoms with Crippen molar-refractivity contribution in [2.24, 2.45) is 0 Å².